The Balaban J connectivity index is 3.06. The maximum Gasteiger partial charge on any atom is 0.0489 e. The van der Waals surface area contributed by atoms with Gasteiger partial charge in [0, 0.05) is 42.0 Å². The van der Waals surface area contributed by atoms with E-state index in [1.807, 2.05) is 12.4 Å². The van der Waals surface area contributed by atoms with Crippen molar-refractivity contribution in [3.8, 4) is 0 Å². The largest absolute Gasteiger partial charge is 0.329 e. The van der Waals surface area contributed by atoms with Crippen LogP contribution in [0.2, 0.25) is 0 Å². The minimum atomic E-state index is 0.243. The smallest absolute Gasteiger partial charge is 0.0489 e. The third-order valence-corrected chi connectivity index (χ3v) is 4.16. The predicted molar refractivity (Wildman–Crippen MR) is 89.6 cm³/mol. The number of aromatic nitrogens is 1. The lowest BCUT2D eigenvalue weighted by molar-refractivity contribution is 0.112. The molecule has 0 radical (unpaired) electrons. The van der Waals surface area contributed by atoms with E-state index in [1.165, 1.54) is 5.56 Å². The van der Waals surface area contributed by atoms with Crippen molar-refractivity contribution >= 4 is 15.9 Å². The molecule has 0 bridgehead atoms. The van der Waals surface area contributed by atoms with Gasteiger partial charge in [0.15, 0.2) is 0 Å². The van der Waals surface area contributed by atoms with Crippen molar-refractivity contribution in [2.24, 2.45) is 11.7 Å². The van der Waals surface area contributed by atoms with E-state index < -0.39 is 0 Å². The summed E-state index contributed by atoms with van der Waals surface area (Å²) in [7, 11) is 0. The van der Waals surface area contributed by atoms with Crippen molar-refractivity contribution in [3.05, 3.63) is 28.5 Å². The monoisotopic (exact) mass is 341 g/mol. The average Bonchev–Trinajstić information content (AvgIpc) is 2.40. The van der Waals surface area contributed by atoms with E-state index in [9.17, 15) is 0 Å². The Morgan fingerprint density at radius 1 is 1.25 bits per heavy atom. The summed E-state index contributed by atoms with van der Waals surface area (Å²) in [6.45, 7) is 10.7. The van der Waals surface area contributed by atoms with Gasteiger partial charge in [-0.15, -0.1) is 0 Å². The minimum Gasteiger partial charge on any atom is -0.329 e. The first-order valence-corrected chi connectivity index (χ1v) is 8.38. The molecule has 1 heterocycles. The van der Waals surface area contributed by atoms with Gasteiger partial charge in [0.05, 0.1) is 0 Å². The normalized spacial score (nSPS) is 13.4. The summed E-state index contributed by atoms with van der Waals surface area (Å²) in [6, 6.07) is 2.96. The number of halogens is 1. The molecular formula is C16H28BrN3. The van der Waals surface area contributed by atoms with Crippen molar-refractivity contribution in [2.75, 3.05) is 13.1 Å². The summed E-state index contributed by atoms with van der Waals surface area (Å²) in [5.74, 6) is 0.629. The maximum atomic E-state index is 6.09. The van der Waals surface area contributed by atoms with Crippen LogP contribution in [0.15, 0.2) is 22.9 Å². The molecule has 1 unspecified atom stereocenters. The zero-order chi connectivity index (χ0) is 15.1. The van der Waals surface area contributed by atoms with Gasteiger partial charge >= 0.3 is 0 Å². The van der Waals surface area contributed by atoms with E-state index >= 15 is 0 Å². The summed E-state index contributed by atoms with van der Waals surface area (Å²) in [5, 5.41) is 0. The van der Waals surface area contributed by atoms with Crippen LogP contribution in [-0.2, 0) is 0 Å². The van der Waals surface area contributed by atoms with Crippen molar-refractivity contribution in [1.82, 2.24) is 9.88 Å². The van der Waals surface area contributed by atoms with Gasteiger partial charge < -0.3 is 5.73 Å². The molecule has 0 aliphatic rings. The summed E-state index contributed by atoms with van der Waals surface area (Å²) < 4.78 is 1.02. The molecule has 0 spiro atoms. The van der Waals surface area contributed by atoms with Gasteiger partial charge in [-0.25, -0.2) is 0 Å². The van der Waals surface area contributed by atoms with Crippen molar-refractivity contribution in [3.63, 3.8) is 0 Å². The van der Waals surface area contributed by atoms with E-state index in [0.717, 1.165) is 23.9 Å². The predicted octanol–water partition coefficient (Wildman–Crippen LogP) is 3.99. The molecule has 1 atom stereocenters. The van der Waals surface area contributed by atoms with Crippen LogP contribution in [0.25, 0.3) is 0 Å². The molecule has 0 saturated heterocycles. The Bertz CT molecular complexity index is 391. The first-order chi connectivity index (χ1) is 9.53. The Labute approximate surface area is 132 Å². The fraction of sp³-hybridized carbons (Fsp3) is 0.688. The fourth-order valence-corrected chi connectivity index (χ4v) is 3.17. The van der Waals surface area contributed by atoms with E-state index in [-0.39, 0.29) is 6.04 Å². The summed E-state index contributed by atoms with van der Waals surface area (Å²) in [4.78, 5) is 6.86. The van der Waals surface area contributed by atoms with Crippen LogP contribution >= 0.6 is 15.9 Å². The standard InChI is InChI=1S/C16H28BrN3/c1-5-15(6-2)20(11-12(3)4)16(8-18)13-7-14(17)10-19-9-13/h7,9-10,12,15-16H,5-6,8,11,18H2,1-4H3. The average molecular weight is 342 g/mol. The molecule has 1 aromatic heterocycles. The number of pyridine rings is 1. The molecule has 0 aliphatic carbocycles. The fourth-order valence-electron chi connectivity index (χ4n) is 2.78. The topological polar surface area (TPSA) is 42.1 Å². The number of hydrogen-bond donors (Lipinski definition) is 1. The molecule has 0 aromatic carbocycles. The number of rotatable bonds is 8. The molecular weight excluding hydrogens is 314 g/mol. The molecule has 0 aliphatic heterocycles. The molecule has 114 valence electrons. The number of nitrogens with two attached hydrogens (primary N) is 1. The molecule has 3 nitrogen and oxygen atoms in total. The highest BCUT2D eigenvalue weighted by Crippen LogP contribution is 2.27. The molecule has 1 rings (SSSR count). The Morgan fingerprint density at radius 3 is 2.35 bits per heavy atom. The number of nitrogens with zero attached hydrogens (tertiary/aromatic N) is 2. The molecule has 1 aromatic rings. The Morgan fingerprint density at radius 2 is 1.90 bits per heavy atom. The van der Waals surface area contributed by atoms with Gasteiger partial charge in [-0.2, -0.15) is 0 Å². The molecule has 0 amide bonds. The highest BCUT2D eigenvalue weighted by molar-refractivity contribution is 9.10. The summed E-state index contributed by atoms with van der Waals surface area (Å²) in [5.41, 5.74) is 7.30. The molecule has 0 saturated carbocycles. The summed E-state index contributed by atoms with van der Waals surface area (Å²) >= 11 is 3.51. The highest BCUT2D eigenvalue weighted by Gasteiger charge is 2.25. The van der Waals surface area contributed by atoms with Crippen LogP contribution in [0.3, 0.4) is 0 Å². The quantitative estimate of drug-likeness (QED) is 0.777. The lowest BCUT2D eigenvalue weighted by atomic mass is 10.00. The second-order valence-corrected chi connectivity index (χ2v) is 6.66. The van der Waals surface area contributed by atoms with Crippen molar-refractivity contribution in [1.29, 1.82) is 0 Å². The van der Waals surface area contributed by atoms with Crippen LogP contribution < -0.4 is 5.73 Å². The van der Waals surface area contributed by atoms with Crippen LogP contribution in [0.5, 0.6) is 0 Å². The Kier molecular flexibility index (Phi) is 7.70. The van der Waals surface area contributed by atoms with E-state index in [1.54, 1.807) is 0 Å². The van der Waals surface area contributed by atoms with Gasteiger partial charge in [0.1, 0.15) is 0 Å². The third kappa shape index (κ3) is 4.83. The highest BCUT2D eigenvalue weighted by atomic mass is 79.9. The molecule has 0 fully saturated rings. The lowest BCUT2D eigenvalue weighted by Crippen LogP contribution is -2.43. The van der Waals surface area contributed by atoms with Crippen LogP contribution in [-0.4, -0.2) is 29.0 Å². The second-order valence-electron chi connectivity index (χ2n) is 5.75. The zero-order valence-corrected chi connectivity index (χ0v) is 14.7. The van der Waals surface area contributed by atoms with Gasteiger partial charge in [-0.05, 0) is 46.3 Å². The first-order valence-electron chi connectivity index (χ1n) is 7.59. The first kappa shape index (κ1) is 17.6. The third-order valence-electron chi connectivity index (χ3n) is 3.72. The molecule has 2 N–H and O–H groups in total. The van der Waals surface area contributed by atoms with Gasteiger partial charge in [-0.3, -0.25) is 9.88 Å². The summed E-state index contributed by atoms with van der Waals surface area (Å²) in [6.07, 6.45) is 6.07. The SMILES string of the molecule is CCC(CC)N(CC(C)C)C(CN)c1cncc(Br)c1. The number of hydrogen-bond acceptors (Lipinski definition) is 3. The Hall–Kier alpha value is -0.450. The zero-order valence-electron chi connectivity index (χ0n) is 13.1. The van der Waals surface area contributed by atoms with Crippen molar-refractivity contribution < 1.29 is 0 Å². The second kappa shape index (κ2) is 8.75. The van der Waals surface area contributed by atoms with E-state index in [4.69, 9.17) is 5.73 Å². The van der Waals surface area contributed by atoms with E-state index in [2.05, 4.69) is 59.6 Å². The van der Waals surface area contributed by atoms with Crippen molar-refractivity contribution in [2.45, 2.75) is 52.6 Å². The molecule has 4 heteroatoms. The molecule has 20 heavy (non-hydrogen) atoms. The van der Waals surface area contributed by atoms with Crippen LogP contribution in [0.1, 0.15) is 52.1 Å². The lowest BCUT2D eigenvalue weighted by Gasteiger charge is -2.38. The van der Waals surface area contributed by atoms with Crippen LogP contribution in [0, 0.1) is 5.92 Å². The van der Waals surface area contributed by atoms with Gasteiger partial charge in [-0.1, -0.05) is 27.7 Å². The van der Waals surface area contributed by atoms with E-state index in [0.29, 0.717) is 18.5 Å². The maximum absolute atomic E-state index is 6.09. The minimum absolute atomic E-state index is 0.243. The van der Waals surface area contributed by atoms with Gasteiger partial charge in [0.25, 0.3) is 0 Å². The van der Waals surface area contributed by atoms with Gasteiger partial charge in [0.2, 0.25) is 0 Å². The van der Waals surface area contributed by atoms with Crippen LogP contribution in [0.4, 0.5) is 0 Å².